The molecule has 1 N–H and O–H groups in total. The van der Waals surface area contributed by atoms with Gasteiger partial charge in [-0.05, 0) is 62.2 Å². The molecule has 3 atom stereocenters. The minimum absolute atomic E-state index is 0.738. The van der Waals surface area contributed by atoms with Gasteiger partial charge in [-0.3, -0.25) is 0 Å². The second kappa shape index (κ2) is 5.15. The minimum Gasteiger partial charge on any atom is -0.311 e. The molecule has 1 nitrogen and oxygen atoms in total. The molecule has 3 fully saturated rings. The van der Waals surface area contributed by atoms with E-state index < -0.39 is 0 Å². The lowest BCUT2D eigenvalue weighted by molar-refractivity contribution is 0.00983. The van der Waals surface area contributed by atoms with Gasteiger partial charge >= 0.3 is 0 Å². The van der Waals surface area contributed by atoms with Crippen molar-refractivity contribution in [2.45, 2.75) is 90.1 Å². The van der Waals surface area contributed by atoms with Crippen LogP contribution in [0.1, 0.15) is 78.1 Å². The number of nitrogens with one attached hydrogen (secondary N) is 1. The van der Waals surface area contributed by atoms with Crippen LogP contribution in [0.2, 0.25) is 0 Å². The Labute approximate surface area is 113 Å². The Kier molecular flexibility index (Phi) is 3.71. The van der Waals surface area contributed by atoms with E-state index in [-0.39, 0.29) is 0 Å². The molecular weight excluding hydrogens is 218 g/mol. The van der Waals surface area contributed by atoms with Crippen LogP contribution < -0.4 is 5.32 Å². The number of hydrogen-bond acceptors (Lipinski definition) is 1. The fraction of sp³-hybridized carbons (Fsp3) is 1.00. The molecule has 1 spiro atoms. The van der Waals surface area contributed by atoms with Gasteiger partial charge in [-0.2, -0.15) is 0 Å². The summed E-state index contributed by atoms with van der Waals surface area (Å²) in [7, 11) is 0. The summed E-state index contributed by atoms with van der Waals surface area (Å²) < 4.78 is 0. The van der Waals surface area contributed by atoms with Gasteiger partial charge in [0.25, 0.3) is 0 Å². The van der Waals surface area contributed by atoms with Gasteiger partial charge in [-0.25, -0.2) is 0 Å². The summed E-state index contributed by atoms with van der Waals surface area (Å²) in [5, 5.41) is 4.08. The van der Waals surface area contributed by atoms with E-state index in [1.165, 1.54) is 64.2 Å². The van der Waals surface area contributed by atoms with Crippen LogP contribution in [-0.2, 0) is 0 Å². The summed E-state index contributed by atoms with van der Waals surface area (Å²) in [4.78, 5) is 0. The smallest absolute Gasteiger partial charge is 0.0126 e. The van der Waals surface area contributed by atoms with Crippen LogP contribution in [0.15, 0.2) is 0 Å². The highest BCUT2D eigenvalue weighted by molar-refractivity contribution is 5.03. The van der Waals surface area contributed by atoms with Gasteiger partial charge in [-0.1, -0.05) is 33.1 Å². The highest BCUT2D eigenvalue weighted by Crippen LogP contribution is 2.52. The second-order valence-electron chi connectivity index (χ2n) is 7.80. The molecule has 0 aromatic rings. The number of hydrogen-bond donors (Lipinski definition) is 1. The predicted molar refractivity (Wildman–Crippen MR) is 77.6 cm³/mol. The van der Waals surface area contributed by atoms with E-state index in [1.807, 2.05) is 0 Å². The summed E-state index contributed by atoms with van der Waals surface area (Å²) in [6, 6.07) is 1.70. The standard InChI is InChI=1S/C17H31N/c1-13-10-14(2)12-15(11-13)18-16-6-9-17(16)7-4-3-5-8-17/h13-16,18H,3-12H2,1-2H3. The summed E-state index contributed by atoms with van der Waals surface area (Å²) >= 11 is 0. The molecule has 0 bridgehead atoms. The fourth-order valence-corrected chi connectivity index (χ4v) is 5.18. The van der Waals surface area contributed by atoms with E-state index in [9.17, 15) is 0 Å². The van der Waals surface area contributed by atoms with E-state index in [0.29, 0.717) is 0 Å². The molecule has 1 heteroatoms. The molecule has 18 heavy (non-hydrogen) atoms. The summed E-state index contributed by atoms with van der Waals surface area (Å²) in [6.45, 7) is 4.89. The van der Waals surface area contributed by atoms with Crippen LogP contribution in [0.5, 0.6) is 0 Å². The first-order valence-corrected chi connectivity index (χ1v) is 8.44. The van der Waals surface area contributed by atoms with Crippen LogP contribution >= 0.6 is 0 Å². The lowest BCUT2D eigenvalue weighted by atomic mass is 9.57. The van der Waals surface area contributed by atoms with Crippen LogP contribution in [0.25, 0.3) is 0 Å². The first kappa shape index (κ1) is 13.0. The zero-order chi connectivity index (χ0) is 12.6. The van der Waals surface area contributed by atoms with Crippen molar-refractivity contribution in [2.24, 2.45) is 17.3 Å². The largest absolute Gasteiger partial charge is 0.311 e. The molecule has 3 aliphatic rings. The monoisotopic (exact) mass is 249 g/mol. The molecule has 0 saturated heterocycles. The third-order valence-electron chi connectivity index (χ3n) is 6.13. The molecule has 0 aromatic carbocycles. The highest BCUT2D eigenvalue weighted by Gasteiger charge is 2.47. The van der Waals surface area contributed by atoms with Gasteiger partial charge in [0.2, 0.25) is 0 Å². The lowest BCUT2D eigenvalue weighted by Gasteiger charge is -2.54. The molecule has 3 unspecified atom stereocenters. The molecule has 0 heterocycles. The first-order chi connectivity index (χ1) is 8.68. The summed E-state index contributed by atoms with van der Waals surface area (Å²) in [5.74, 6) is 1.88. The van der Waals surface area contributed by atoms with Crippen LogP contribution in [0.3, 0.4) is 0 Å². The predicted octanol–water partition coefficient (Wildman–Crippen LogP) is 4.51. The van der Waals surface area contributed by atoms with E-state index in [2.05, 4.69) is 19.2 Å². The Morgan fingerprint density at radius 1 is 0.833 bits per heavy atom. The maximum absolute atomic E-state index is 4.08. The molecule has 0 radical (unpaired) electrons. The first-order valence-electron chi connectivity index (χ1n) is 8.44. The van der Waals surface area contributed by atoms with Crippen LogP contribution in [0.4, 0.5) is 0 Å². The third-order valence-corrected chi connectivity index (χ3v) is 6.13. The molecule has 0 aliphatic heterocycles. The molecule has 0 amide bonds. The summed E-state index contributed by atoms with van der Waals surface area (Å²) in [6.07, 6.45) is 14.8. The van der Waals surface area contributed by atoms with Crippen molar-refractivity contribution in [2.75, 3.05) is 0 Å². The van der Waals surface area contributed by atoms with E-state index in [0.717, 1.165) is 29.3 Å². The van der Waals surface area contributed by atoms with Crippen molar-refractivity contribution in [1.82, 2.24) is 5.32 Å². The Balaban J connectivity index is 1.56. The fourth-order valence-electron chi connectivity index (χ4n) is 5.18. The molecule has 3 rings (SSSR count). The lowest BCUT2D eigenvalue weighted by Crippen LogP contribution is -2.57. The van der Waals surface area contributed by atoms with Gasteiger partial charge in [0.05, 0.1) is 0 Å². The molecule has 0 aromatic heterocycles. The van der Waals surface area contributed by atoms with Gasteiger partial charge in [0, 0.05) is 12.1 Å². The molecule has 3 saturated carbocycles. The normalized spacial score (nSPS) is 43.7. The van der Waals surface area contributed by atoms with Crippen molar-refractivity contribution in [3.05, 3.63) is 0 Å². The van der Waals surface area contributed by atoms with Gasteiger partial charge in [-0.15, -0.1) is 0 Å². The van der Waals surface area contributed by atoms with Gasteiger partial charge < -0.3 is 5.32 Å². The third kappa shape index (κ3) is 2.48. The topological polar surface area (TPSA) is 12.0 Å². The average molecular weight is 249 g/mol. The highest BCUT2D eigenvalue weighted by atomic mass is 15.0. The van der Waals surface area contributed by atoms with Crippen molar-refractivity contribution in [1.29, 1.82) is 0 Å². The van der Waals surface area contributed by atoms with Gasteiger partial charge in [0.15, 0.2) is 0 Å². The Bertz CT molecular complexity index is 269. The molecule has 3 aliphatic carbocycles. The molecule has 104 valence electrons. The zero-order valence-corrected chi connectivity index (χ0v) is 12.4. The van der Waals surface area contributed by atoms with Crippen LogP contribution in [0, 0.1) is 17.3 Å². The average Bonchev–Trinajstić information content (AvgIpc) is 2.35. The molecular formula is C17H31N. The van der Waals surface area contributed by atoms with E-state index in [4.69, 9.17) is 0 Å². The Morgan fingerprint density at radius 2 is 1.50 bits per heavy atom. The maximum atomic E-state index is 4.08. The second-order valence-corrected chi connectivity index (χ2v) is 7.80. The number of rotatable bonds is 2. The van der Waals surface area contributed by atoms with Crippen molar-refractivity contribution >= 4 is 0 Å². The van der Waals surface area contributed by atoms with E-state index in [1.54, 1.807) is 0 Å². The van der Waals surface area contributed by atoms with Crippen LogP contribution in [-0.4, -0.2) is 12.1 Å². The Morgan fingerprint density at radius 3 is 2.06 bits per heavy atom. The minimum atomic E-state index is 0.738. The zero-order valence-electron chi connectivity index (χ0n) is 12.4. The quantitative estimate of drug-likeness (QED) is 0.759. The van der Waals surface area contributed by atoms with E-state index >= 15 is 0 Å². The Hall–Kier alpha value is -0.0400. The summed E-state index contributed by atoms with van der Waals surface area (Å²) in [5.41, 5.74) is 0.738. The van der Waals surface area contributed by atoms with Crippen molar-refractivity contribution in [3.63, 3.8) is 0 Å². The maximum Gasteiger partial charge on any atom is 0.0126 e. The van der Waals surface area contributed by atoms with Crippen molar-refractivity contribution in [3.8, 4) is 0 Å². The SMILES string of the molecule is CC1CC(C)CC(NC2CCC23CCCCC3)C1. The van der Waals surface area contributed by atoms with Crippen molar-refractivity contribution < 1.29 is 0 Å². The van der Waals surface area contributed by atoms with Gasteiger partial charge in [0.1, 0.15) is 0 Å².